The lowest BCUT2D eigenvalue weighted by Gasteiger charge is -2.24. The van der Waals surface area contributed by atoms with E-state index in [1.807, 2.05) is 0 Å². The topological polar surface area (TPSA) is 66.5 Å². The molecule has 1 atom stereocenters. The summed E-state index contributed by atoms with van der Waals surface area (Å²) >= 11 is 12.0. The Balaban J connectivity index is 2.19. The number of carbonyl (C=O) groups is 1. The zero-order valence-electron chi connectivity index (χ0n) is 14.0. The highest BCUT2D eigenvalue weighted by Crippen LogP contribution is 2.33. The maximum atomic E-state index is 13.0. The molecule has 5 nitrogen and oxygen atoms in total. The molecule has 0 aromatic heterocycles. The van der Waals surface area contributed by atoms with Gasteiger partial charge in [0.15, 0.2) is 0 Å². The van der Waals surface area contributed by atoms with Gasteiger partial charge in [-0.05, 0) is 36.8 Å². The van der Waals surface area contributed by atoms with Crippen molar-refractivity contribution >= 4 is 44.8 Å². The molecule has 0 aliphatic heterocycles. The van der Waals surface area contributed by atoms with Gasteiger partial charge in [-0.2, -0.15) is 0 Å². The Morgan fingerprint density at radius 2 is 1.81 bits per heavy atom. The summed E-state index contributed by atoms with van der Waals surface area (Å²) in [4.78, 5) is 12.4. The van der Waals surface area contributed by atoms with Gasteiger partial charge in [0.05, 0.1) is 28.0 Å². The fraction of sp³-hybridized carbons (Fsp3) is 0.235. The van der Waals surface area contributed by atoms with Crippen LogP contribution in [-0.4, -0.2) is 27.1 Å². The first-order valence-electron chi connectivity index (χ1n) is 7.56. The van der Waals surface area contributed by atoms with Gasteiger partial charge in [-0.3, -0.25) is 9.10 Å². The molecular weight excluding hydrogens is 402 g/mol. The van der Waals surface area contributed by atoms with Crippen LogP contribution in [0.4, 0.5) is 10.1 Å². The molecule has 0 spiro atoms. The normalized spacial score (nSPS) is 12.5. The van der Waals surface area contributed by atoms with E-state index in [-0.39, 0.29) is 21.5 Å². The first-order chi connectivity index (χ1) is 12.1. The van der Waals surface area contributed by atoms with Crippen molar-refractivity contribution in [3.63, 3.8) is 0 Å². The highest BCUT2D eigenvalue weighted by Gasteiger charge is 2.24. The number of halogens is 3. The van der Waals surface area contributed by atoms with Crippen LogP contribution in [0.15, 0.2) is 42.5 Å². The lowest BCUT2D eigenvalue weighted by atomic mass is 10.1. The van der Waals surface area contributed by atoms with Crippen molar-refractivity contribution in [3.05, 3.63) is 63.9 Å². The average molecular weight is 419 g/mol. The number of anilines is 1. The molecule has 0 aliphatic rings. The molecule has 0 aliphatic carbocycles. The molecule has 140 valence electrons. The molecule has 26 heavy (non-hydrogen) atoms. The van der Waals surface area contributed by atoms with Gasteiger partial charge < -0.3 is 5.32 Å². The minimum atomic E-state index is -3.78. The molecule has 0 fully saturated rings. The molecular formula is C17H17Cl2FN2O3S. The molecule has 1 N–H and O–H groups in total. The third kappa shape index (κ3) is 5.09. The summed E-state index contributed by atoms with van der Waals surface area (Å²) in [7, 11) is -3.78. The number of hydrogen-bond acceptors (Lipinski definition) is 3. The van der Waals surface area contributed by atoms with E-state index in [4.69, 9.17) is 23.2 Å². The van der Waals surface area contributed by atoms with E-state index in [2.05, 4.69) is 5.32 Å². The van der Waals surface area contributed by atoms with Crippen LogP contribution in [0.2, 0.25) is 10.0 Å². The largest absolute Gasteiger partial charge is 0.348 e. The number of nitrogens with zero attached hydrogens (tertiary/aromatic N) is 1. The predicted octanol–water partition coefficient (Wildman–Crippen LogP) is 3.78. The smallest absolute Gasteiger partial charge is 0.241 e. The van der Waals surface area contributed by atoms with Gasteiger partial charge >= 0.3 is 0 Å². The lowest BCUT2D eigenvalue weighted by Crippen LogP contribution is -2.41. The Labute approximate surface area is 161 Å². The molecule has 0 unspecified atom stereocenters. The first kappa shape index (κ1) is 20.5. The zero-order chi connectivity index (χ0) is 19.5. The second-order valence-electron chi connectivity index (χ2n) is 5.68. The molecule has 9 heteroatoms. The van der Waals surface area contributed by atoms with E-state index >= 15 is 0 Å². The van der Waals surface area contributed by atoms with Gasteiger partial charge in [0.25, 0.3) is 0 Å². The van der Waals surface area contributed by atoms with Crippen LogP contribution >= 0.6 is 23.2 Å². The van der Waals surface area contributed by atoms with E-state index in [1.54, 1.807) is 25.1 Å². The molecule has 0 bridgehead atoms. The molecule has 0 saturated heterocycles. The van der Waals surface area contributed by atoms with Crippen LogP contribution in [-0.2, 0) is 14.8 Å². The van der Waals surface area contributed by atoms with E-state index in [0.29, 0.717) is 5.56 Å². The van der Waals surface area contributed by atoms with Gasteiger partial charge in [0.2, 0.25) is 15.9 Å². The van der Waals surface area contributed by atoms with Crippen LogP contribution in [0.1, 0.15) is 18.5 Å². The molecule has 0 heterocycles. The number of carbonyl (C=O) groups excluding carboxylic acids is 1. The van der Waals surface area contributed by atoms with Gasteiger partial charge in [0, 0.05) is 0 Å². The SMILES string of the molecule is C[C@@H](NC(=O)CN(c1cccc(Cl)c1Cl)S(C)(=O)=O)c1ccc(F)cc1. The molecule has 2 aromatic carbocycles. The van der Waals surface area contributed by atoms with Crippen molar-refractivity contribution in [2.75, 3.05) is 17.1 Å². The summed E-state index contributed by atoms with van der Waals surface area (Å²) in [5.41, 5.74) is 0.803. The first-order valence-corrected chi connectivity index (χ1v) is 10.2. The minimum absolute atomic E-state index is 0.0407. The molecule has 0 radical (unpaired) electrons. The number of rotatable bonds is 6. The summed E-state index contributed by atoms with van der Waals surface area (Å²) in [6.07, 6.45) is 0.973. The monoisotopic (exact) mass is 418 g/mol. The van der Waals surface area contributed by atoms with E-state index in [9.17, 15) is 17.6 Å². The number of sulfonamides is 1. The Kier molecular flexibility index (Phi) is 6.49. The van der Waals surface area contributed by atoms with E-state index in [1.165, 1.54) is 24.3 Å². The van der Waals surface area contributed by atoms with Crippen molar-refractivity contribution in [2.45, 2.75) is 13.0 Å². The maximum absolute atomic E-state index is 13.0. The second kappa shape index (κ2) is 8.24. The third-order valence-corrected chi connectivity index (χ3v) is 5.57. The molecule has 2 rings (SSSR count). The van der Waals surface area contributed by atoms with Crippen molar-refractivity contribution in [2.24, 2.45) is 0 Å². The molecule has 0 saturated carbocycles. The molecule has 1 amide bonds. The zero-order valence-corrected chi connectivity index (χ0v) is 16.4. The van der Waals surface area contributed by atoms with Crippen molar-refractivity contribution < 1.29 is 17.6 Å². The van der Waals surface area contributed by atoms with Gasteiger partial charge in [-0.15, -0.1) is 0 Å². The van der Waals surface area contributed by atoms with Crippen LogP contribution < -0.4 is 9.62 Å². The third-order valence-electron chi connectivity index (χ3n) is 3.63. The summed E-state index contributed by atoms with van der Waals surface area (Å²) in [5, 5.41) is 2.90. The predicted molar refractivity (Wildman–Crippen MR) is 102 cm³/mol. The Hall–Kier alpha value is -1.83. The number of benzene rings is 2. The number of nitrogens with one attached hydrogen (secondary N) is 1. The van der Waals surface area contributed by atoms with Crippen LogP contribution in [0.5, 0.6) is 0 Å². The average Bonchev–Trinajstić information content (AvgIpc) is 2.55. The Morgan fingerprint density at radius 3 is 2.38 bits per heavy atom. The van der Waals surface area contributed by atoms with Crippen LogP contribution in [0.3, 0.4) is 0 Å². The van der Waals surface area contributed by atoms with Crippen molar-refractivity contribution in [1.29, 1.82) is 0 Å². The Morgan fingerprint density at radius 1 is 1.19 bits per heavy atom. The van der Waals surface area contributed by atoms with Gasteiger partial charge in [-0.25, -0.2) is 12.8 Å². The van der Waals surface area contributed by atoms with E-state index in [0.717, 1.165) is 10.6 Å². The quantitative estimate of drug-likeness (QED) is 0.775. The maximum Gasteiger partial charge on any atom is 0.241 e. The van der Waals surface area contributed by atoms with Crippen molar-refractivity contribution in [1.82, 2.24) is 5.32 Å². The number of amides is 1. The summed E-state index contributed by atoms with van der Waals surface area (Å²) in [6.45, 7) is 1.24. The van der Waals surface area contributed by atoms with Crippen LogP contribution in [0, 0.1) is 5.82 Å². The van der Waals surface area contributed by atoms with E-state index < -0.39 is 28.5 Å². The summed E-state index contributed by atoms with van der Waals surface area (Å²) in [6, 6.07) is 9.75. The van der Waals surface area contributed by atoms with Gasteiger partial charge in [0.1, 0.15) is 12.4 Å². The standard InChI is InChI=1S/C17H17Cl2FN2O3S/c1-11(12-6-8-13(20)9-7-12)21-16(23)10-22(26(2,24)25)15-5-3-4-14(18)17(15)19/h3-9,11H,10H2,1-2H3,(H,21,23)/t11-/m1/s1. The fourth-order valence-electron chi connectivity index (χ4n) is 2.32. The number of hydrogen-bond donors (Lipinski definition) is 1. The Bertz CT molecular complexity index is 905. The van der Waals surface area contributed by atoms with Gasteiger partial charge in [-0.1, -0.05) is 41.4 Å². The van der Waals surface area contributed by atoms with Crippen molar-refractivity contribution in [3.8, 4) is 0 Å². The summed E-state index contributed by atoms with van der Waals surface area (Å²) < 4.78 is 38.1. The van der Waals surface area contributed by atoms with Crippen LogP contribution in [0.25, 0.3) is 0 Å². The fourth-order valence-corrected chi connectivity index (χ4v) is 3.63. The summed E-state index contributed by atoms with van der Waals surface area (Å²) in [5.74, 6) is -0.922. The minimum Gasteiger partial charge on any atom is -0.348 e. The highest BCUT2D eigenvalue weighted by atomic mass is 35.5. The lowest BCUT2D eigenvalue weighted by molar-refractivity contribution is -0.120. The second-order valence-corrected chi connectivity index (χ2v) is 8.38. The molecule has 2 aromatic rings. The highest BCUT2D eigenvalue weighted by molar-refractivity contribution is 7.92.